The van der Waals surface area contributed by atoms with Crippen LogP contribution in [0.5, 0.6) is 5.75 Å². The second-order valence-corrected chi connectivity index (χ2v) is 11.3. The molecule has 1 unspecified atom stereocenters. The van der Waals surface area contributed by atoms with Gasteiger partial charge in [0.25, 0.3) is 5.91 Å². The Morgan fingerprint density at radius 2 is 1.82 bits per heavy atom. The predicted molar refractivity (Wildman–Crippen MR) is 130 cm³/mol. The zero-order chi connectivity index (χ0) is 24.2. The lowest BCUT2D eigenvalue weighted by atomic mass is 10.0. The van der Waals surface area contributed by atoms with Crippen molar-refractivity contribution in [2.45, 2.75) is 50.1 Å². The van der Waals surface area contributed by atoms with Crippen LogP contribution in [0.4, 0.5) is 0 Å². The first-order chi connectivity index (χ1) is 15.5. The molecule has 0 saturated carbocycles. The lowest BCUT2D eigenvalue weighted by molar-refractivity contribution is 0.0937. The minimum absolute atomic E-state index is 0.0503. The summed E-state index contributed by atoms with van der Waals surface area (Å²) in [4.78, 5) is 15.2. The summed E-state index contributed by atoms with van der Waals surface area (Å²) < 4.78 is 33.7. The van der Waals surface area contributed by atoms with Crippen LogP contribution in [0, 0.1) is 0 Å². The molecule has 1 fully saturated rings. The Morgan fingerprint density at radius 1 is 1.15 bits per heavy atom. The first-order valence-electron chi connectivity index (χ1n) is 11.0. The van der Waals surface area contributed by atoms with Gasteiger partial charge in [0.05, 0.1) is 18.2 Å². The SMILES string of the molecule is COc1ccccc1C(CNC(=O)c1ccc(Cl)c(S(=O)(=O)NC(C)(C)C)c1)N1CCCC1. The van der Waals surface area contributed by atoms with Crippen molar-refractivity contribution in [1.82, 2.24) is 14.9 Å². The van der Waals surface area contributed by atoms with E-state index in [4.69, 9.17) is 16.3 Å². The van der Waals surface area contributed by atoms with E-state index < -0.39 is 15.6 Å². The van der Waals surface area contributed by atoms with Gasteiger partial charge in [-0.3, -0.25) is 9.69 Å². The fourth-order valence-corrected chi connectivity index (χ4v) is 5.98. The van der Waals surface area contributed by atoms with Gasteiger partial charge in [-0.25, -0.2) is 13.1 Å². The molecule has 0 aliphatic carbocycles. The third-order valence-electron chi connectivity index (χ3n) is 5.46. The highest BCUT2D eigenvalue weighted by molar-refractivity contribution is 7.89. The normalized spacial score (nSPS) is 15.9. The van der Waals surface area contributed by atoms with Crippen molar-refractivity contribution >= 4 is 27.5 Å². The Kier molecular flexibility index (Phi) is 8.05. The van der Waals surface area contributed by atoms with E-state index in [0.717, 1.165) is 37.2 Å². The summed E-state index contributed by atoms with van der Waals surface area (Å²) >= 11 is 6.17. The van der Waals surface area contributed by atoms with Gasteiger partial charge >= 0.3 is 0 Å². The third kappa shape index (κ3) is 6.47. The van der Waals surface area contributed by atoms with Crippen LogP contribution in [-0.4, -0.2) is 51.5 Å². The number of amides is 1. The van der Waals surface area contributed by atoms with Crippen LogP contribution in [0.15, 0.2) is 47.4 Å². The minimum Gasteiger partial charge on any atom is -0.496 e. The topological polar surface area (TPSA) is 87.7 Å². The smallest absolute Gasteiger partial charge is 0.251 e. The number of para-hydroxylation sites is 1. The molecular formula is C24H32ClN3O4S. The maximum absolute atomic E-state index is 13.0. The van der Waals surface area contributed by atoms with Crippen LogP contribution in [0.25, 0.3) is 0 Å². The highest BCUT2D eigenvalue weighted by Crippen LogP contribution is 2.31. The number of methoxy groups -OCH3 is 1. The highest BCUT2D eigenvalue weighted by atomic mass is 35.5. The monoisotopic (exact) mass is 493 g/mol. The molecule has 33 heavy (non-hydrogen) atoms. The molecule has 0 spiro atoms. The molecule has 0 aromatic heterocycles. The van der Waals surface area contributed by atoms with Crippen LogP contribution in [0.2, 0.25) is 5.02 Å². The molecule has 1 saturated heterocycles. The maximum Gasteiger partial charge on any atom is 0.251 e. The van der Waals surface area contributed by atoms with Crippen LogP contribution in [0.1, 0.15) is 55.6 Å². The van der Waals surface area contributed by atoms with Gasteiger partial charge in [0, 0.05) is 23.2 Å². The third-order valence-corrected chi connectivity index (χ3v) is 7.70. The van der Waals surface area contributed by atoms with E-state index in [1.54, 1.807) is 27.9 Å². The second-order valence-electron chi connectivity index (χ2n) is 9.21. The number of hydrogen-bond donors (Lipinski definition) is 2. The van der Waals surface area contributed by atoms with E-state index in [1.807, 2.05) is 24.3 Å². The van der Waals surface area contributed by atoms with Crippen molar-refractivity contribution < 1.29 is 17.9 Å². The number of hydrogen-bond acceptors (Lipinski definition) is 5. The zero-order valence-corrected chi connectivity index (χ0v) is 21.1. The molecule has 7 nitrogen and oxygen atoms in total. The van der Waals surface area contributed by atoms with E-state index >= 15 is 0 Å². The van der Waals surface area contributed by atoms with Crippen molar-refractivity contribution in [2.24, 2.45) is 0 Å². The van der Waals surface area contributed by atoms with E-state index in [2.05, 4.69) is 14.9 Å². The van der Waals surface area contributed by atoms with E-state index in [0.29, 0.717) is 6.54 Å². The van der Waals surface area contributed by atoms with Crippen molar-refractivity contribution in [3.05, 3.63) is 58.6 Å². The molecule has 1 aliphatic heterocycles. The van der Waals surface area contributed by atoms with Gasteiger partial charge in [-0.05, 0) is 71.0 Å². The number of sulfonamides is 1. The molecule has 180 valence electrons. The van der Waals surface area contributed by atoms with Gasteiger partial charge in [0.15, 0.2) is 0 Å². The minimum atomic E-state index is -3.89. The van der Waals surface area contributed by atoms with Gasteiger partial charge in [-0.2, -0.15) is 0 Å². The maximum atomic E-state index is 13.0. The first-order valence-corrected chi connectivity index (χ1v) is 12.9. The van der Waals surface area contributed by atoms with Crippen molar-refractivity contribution in [3.8, 4) is 5.75 Å². The average Bonchev–Trinajstić information content (AvgIpc) is 3.27. The van der Waals surface area contributed by atoms with Crippen LogP contribution < -0.4 is 14.8 Å². The average molecular weight is 494 g/mol. The number of carbonyl (C=O) groups is 1. The Labute approximate surface area is 201 Å². The molecular weight excluding hydrogens is 462 g/mol. The molecule has 2 aromatic carbocycles. The second kappa shape index (κ2) is 10.4. The number of rotatable bonds is 8. The largest absolute Gasteiger partial charge is 0.496 e. The summed E-state index contributed by atoms with van der Waals surface area (Å²) in [5.74, 6) is 0.412. The molecule has 1 atom stereocenters. The Hall–Kier alpha value is -2.13. The van der Waals surface area contributed by atoms with Crippen molar-refractivity contribution in [1.29, 1.82) is 0 Å². The van der Waals surface area contributed by atoms with Crippen LogP contribution >= 0.6 is 11.6 Å². The molecule has 1 aliphatic rings. The van der Waals surface area contributed by atoms with Gasteiger partial charge in [-0.1, -0.05) is 29.8 Å². The Bertz CT molecular complexity index is 1090. The molecule has 2 aromatic rings. The van der Waals surface area contributed by atoms with Gasteiger partial charge in [-0.15, -0.1) is 0 Å². The number of carbonyl (C=O) groups excluding carboxylic acids is 1. The van der Waals surface area contributed by atoms with Gasteiger partial charge in [0.1, 0.15) is 10.6 Å². The predicted octanol–water partition coefficient (Wildman–Crippen LogP) is 3.99. The van der Waals surface area contributed by atoms with E-state index in [9.17, 15) is 13.2 Å². The molecule has 2 N–H and O–H groups in total. The standard InChI is InChI=1S/C24H32ClN3O4S/c1-24(2,3)27-33(30,31)22-15-17(11-12-19(22)25)23(29)26-16-20(28-13-7-8-14-28)18-9-5-6-10-21(18)32-4/h5-6,9-12,15,20,27H,7-8,13-14,16H2,1-4H3,(H,26,29). The van der Waals surface area contributed by atoms with Gasteiger partial charge in [0.2, 0.25) is 10.0 Å². The summed E-state index contributed by atoms with van der Waals surface area (Å²) in [5.41, 5.74) is 0.558. The fourth-order valence-electron chi connectivity index (χ4n) is 4.03. The lowest BCUT2D eigenvalue weighted by Crippen LogP contribution is -2.40. The number of benzene rings is 2. The summed E-state index contributed by atoms with van der Waals surface area (Å²) in [7, 11) is -2.25. The van der Waals surface area contributed by atoms with Crippen LogP contribution in [0.3, 0.4) is 0 Å². The van der Waals surface area contributed by atoms with E-state index in [1.165, 1.54) is 18.2 Å². The number of ether oxygens (including phenoxy) is 1. The Balaban J connectivity index is 1.82. The summed E-state index contributed by atoms with van der Waals surface area (Å²) in [6.45, 7) is 7.48. The zero-order valence-electron chi connectivity index (χ0n) is 19.5. The molecule has 9 heteroatoms. The summed E-state index contributed by atoms with van der Waals surface area (Å²) in [6, 6.07) is 12.0. The summed E-state index contributed by atoms with van der Waals surface area (Å²) in [5, 5.41) is 3.04. The molecule has 1 heterocycles. The van der Waals surface area contributed by atoms with Crippen molar-refractivity contribution in [2.75, 3.05) is 26.7 Å². The molecule has 3 rings (SSSR count). The highest BCUT2D eigenvalue weighted by Gasteiger charge is 2.28. The Morgan fingerprint density at radius 3 is 2.45 bits per heavy atom. The fraction of sp³-hybridized carbons (Fsp3) is 0.458. The molecule has 0 radical (unpaired) electrons. The quantitative estimate of drug-likeness (QED) is 0.580. The molecule has 1 amide bonds. The molecule has 0 bridgehead atoms. The number of nitrogens with one attached hydrogen (secondary N) is 2. The number of halogens is 1. The first kappa shape index (κ1) is 25.5. The number of likely N-dealkylation sites (tertiary alicyclic amines) is 1. The number of nitrogens with zero attached hydrogens (tertiary/aromatic N) is 1. The summed E-state index contributed by atoms with van der Waals surface area (Å²) in [6.07, 6.45) is 2.22. The van der Waals surface area contributed by atoms with Crippen molar-refractivity contribution in [3.63, 3.8) is 0 Å². The van der Waals surface area contributed by atoms with Crippen LogP contribution in [-0.2, 0) is 10.0 Å². The lowest BCUT2D eigenvalue weighted by Gasteiger charge is -2.29. The van der Waals surface area contributed by atoms with Gasteiger partial charge < -0.3 is 10.1 Å². The van der Waals surface area contributed by atoms with E-state index in [-0.39, 0.29) is 27.4 Å².